The van der Waals surface area contributed by atoms with E-state index in [1.165, 1.54) is 18.3 Å². The summed E-state index contributed by atoms with van der Waals surface area (Å²) in [6, 6.07) is 5.14. The predicted octanol–water partition coefficient (Wildman–Crippen LogP) is 0.802. The van der Waals surface area contributed by atoms with Gasteiger partial charge in [0, 0.05) is 20.0 Å². The molecule has 2 aromatic rings. The summed E-state index contributed by atoms with van der Waals surface area (Å²) < 4.78 is 31.4. The van der Waals surface area contributed by atoms with Gasteiger partial charge >= 0.3 is 0 Å². The van der Waals surface area contributed by atoms with Crippen molar-refractivity contribution in [3.63, 3.8) is 0 Å². The Hall–Kier alpha value is -2.26. The van der Waals surface area contributed by atoms with Crippen LogP contribution in [0.25, 0.3) is 0 Å². The molecular weight excluding hydrogens is 344 g/mol. The highest BCUT2D eigenvalue weighted by atomic mass is 32.2. The second kappa shape index (κ2) is 6.57. The van der Waals surface area contributed by atoms with Gasteiger partial charge in [0.15, 0.2) is 0 Å². The van der Waals surface area contributed by atoms with E-state index in [9.17, 15) is 13.2 Å². The topological polar surface area (TPSA) is 105 Å². The number of carbonyl (C=O) groups excluding carboxylic acids is 1. The maximum Gasteiger partial charge on any atom is 0.243 e. The molecule has 1 aromatic carbocycles. The summed E-state index contributed by atoms with van der Waals surface area (Å²) >= 11 is 0. The van der Waals surface area contributed by atoms with Gasteiger partial charge in [-0.3, -0.25) is 4.79 Å². The van der Waals surface area contributed by atoms with Crippen LogP contribution in [0.4, 0.5) is 0 Å². The maximum absolute atomic E-state index is 12.8. The molecule has 0 bridgehead atoms. The molecule has 0 unspecified atom stereocenters. The molecule has 1 aliphatic carbocycles. The van der Waals surface area contributed by atoms with E-state index in [1.807, 2.05) is 6.07 Å². The standard InChI is InChI=1S/C16H20N4O4S/c1-10-16(19-24-18-10)9-20(3)25(22,23)15-5-4-12-6-14(17-11(2)21)7-13(12)8-15/h4-5,8,14H,6-7,9H2,1-3H3,(H,17,21)/t14-/m1/s1. The van der Waals surface area contributed by atoms with Gasteiger partial charge in [-0.2, -0.15) is 4.31 Å². The molecule has 0 spiro atoms. The van der Waals surface area contributed by atoms with Crippen molar-refractivity contribution >= 4 is 15.9 Å². The average Bonchev–Trinajstić information content (AvgIpc) is 3.11. The van der Waals surface area contributed by atoms with Crippen LogP contribution in [0, 0.1) is 6.92 Å². The minimum Gasteiger partial charge on any atom is -0.353 e. The van der Waals surface area contributed by atoms with Crippen LogP contribution in [0.15, 0.2) is 27.7 Å². The van der Waals surface area contributed by atoms with Gasteiger partial charge in [0.05, 0.1) is 11.4 Å². The molecular formula is C16H20N4O4S. The molecule has 1 aliphatic rings. The Balaban J connectivity index is 1.80. The minimum absolute atomic E-state index is 0.0204. The van der Waals surface area contributed by atoms with Crippen molar-refractivity contribution in [2.75, 3.05) is 7.05 Å². The highest BCUT2D eigenvalue weighted by molar-refractivity contribution is 7.89. The molecule has 1 N–H and O–H groups in total. The van der Waals surface area contributed by atoms with Crippen LogP contribution < -0.4 is 5.32 Å². The van der Waals surface area contributed by atoms with Gasteiger partial charge in [-0.25, -0.2) is 13.0 Å². The molecule has 134 valence electrons. The zero-order valence-corrected chi connectivity index (χ0v) is 15.1. The van der Waals surface area contributed by atoms with Crippen LogP contribution in [0.2, 0.25) is 0 Å². The number of sulfonamides is 1. The van der Waals surface area contributed by atoms with Crippen LogP contribution in [-0.4, -0.2) is 42.0 Å². The molecule has 0 radical (unpaired) electrons. The molecule has 25 heavy (non-hydrogen) atoms. The van der Waals surface area contributed by atoms with E-state index >= 15 is 0 Å². The number of aryl methyl sites for hydroxylation is 1. The smallest absolute Gasteiger partial charge is 0.243 e. The van der Waals surface area contributed by atoms with Gasteiger partial charge < -0.3 is 5.32 Å². The van der Waals surface area contributed by atoms with Crippen LogP contribution in [0.5, 0.6) is 0 Å². The second-order valence-corrected chi connectivity index (χ2v) is 8.34. The zero-order valence-electron chi connectivity index (χ0n) is 14.3. The summed E-state index contributed by atoms with van der Waals surface area (Å²) in [6.07, 6.45) is 1.35. The van der Waals surface area contributed by atoms with Gasteiger partial charge in [0.2, 0.25) is 15.9 Å². The number of aromatic nitrogens is 2. The largest absolute Gasteiger partial charge is 0.353 e. The lowest BCUT2D eigenvalue weighted by Gasteiger charge is -2.16. The molecule has 1 heterocycles. The number of hydrogen-bond donors (Lipinski definition) is 1. The second-order valence-electron chi connectivity index (χ2n) is 6.29. The highest BCUT2D eigenvalue weighted by Crippen LogP contribution is 2.27. The molecule has 0 fully saturated rings. The highest BCUT2D eigenvalue weighted by Gasteiger charge is 2.27. The lowest BCUT2D eigenvalue weighted by Crippen LogP contribution is -2.33. The fraction of sp³-hybridized carbons (Fsp3) is 0.438. The fourth-order valence-corrected chi connectivity index (χ4v) is 4.20. The molecule has 1 aromatic heterocycles. The van der Waals surface area contributed by atoms with E-state index in [0.29, 0.717) is 17.8 Å². The minimum atomic E-state index is -3.66. The average molecular weight is 364 g/mol. The Morgan fingerprint density at radius 3 is 2.68 bits per heavy atom. The third-order valence-electron chi connectivity index (χ3n) is 4.34. The Morgan fingerprint density at radius 2 is 2.04 bits per heavy atom. The summed E-state index contributed by atoms with van der Waals surface area (Å²) in [4.78, 5) is 11.4. The van der Waals surface area contributed by atoms with Crippen molar-refractivity contribution in [2.45, 2.75) is 44.2 Å². The van der Waals surface area contributed by atoms with Crippen molar-refractivity contribution in [1.82, 2.24) is 19.9 Å². The van der Waals surface area contributed by atoms with Crippen LogP contribution >= 0.6 is 0 Å². The number of amides is 1. The number of fused-ring (bicyclic) bond motifs is 1. The Labute approximate surface area is 146 Å². The summed E-state index contributed by atoms with van der Waals surface area (Å²) in [7, 11) is -2.16. The van der Waals surface area contributed by atoms with Crippen molar-refractivity contribution in [3.05, 3.63) is 40.7 Å². The number of hydrogen-bond acceptors (Lipinski definition) is 6. The first-order valence-electron chi connectivity index (χ1n) is 7.90. The third-order valence-corrected chi connectivity index (χ3v) is 6.14. The molecule has 8 nitrogen and oxygen atoms in total. The van der Waals surface area contributed by atoms with Gasteiger partial charge in [-0.1, -0.05) is 16.4 Å². The summed E-state index contributed by atoms with van der Waals surface area (Å²) in [5.41, 5.74) is 3.07. The van der Waals surface area contributed by atoms with Crippen molar-refractivity contribution in [1.29, 1.82) is 0 Å². The van der Waals surface area contributed by atoms with E-state index in [4.69, 9.17) is 0 Å². The fourth-order valence-electron chi connectivity index (χ4n) is 3.01. The number of carbonyl (C=O) groups is 1. The summed E-state index contributed by atoms with van der Waals surface area (Å²) in [5, 5.41) is 10.3. The van der Waals surface area contributed by atoms with Crippen LogP contribution in [0.1, 0.15) is 29.4 Å². The molecule has 0 saturated carbocycles. The Morgan fingerprint density at radius 1 is 1.32 bits per heavy atom. The molecule has 1 amide bonds. The van der Waals surface area contributed by atoms with E-state index < -0.39 is 10.0 Å². The maximum atomic E-state index is 12.8. The number of rotatable bonds is 5. The summed E-state index contributed by atoms with van der Waals surface area (Å²) in [5.74, 6) is -0.0815. The van der Waals surface area contributed by atoms with Gasteiger partial charge in [-0.05, 0) is 43.0 Å². The Bertz CT molecular complexity index is 907. The number of nitrogens with zero attached hydrogens (tertiary/aromatic N) is 3. The van der Waals surface area contributed by atoms with E-state index in [1.54, 1.807) is 19.1 Å². The zero-order chi connectivity index (χ0) is 18.2. The van der Waals surface area contributed by atoms with Crippen molar-refractivity contribution < 1.29 is 17.8 Å². The first-order valence-corrected chi connectivity index (χ1v) is 9.34. The third kappa shape index (κ3) is 3.57. The lowest BCUT2D eigenvalue weighted by molar-refractivity contribution is -0.119. The van der Waals surface area contributed by atoms with E-state index in [0.717, 1.165) is 17.5 Å². The Kier molecular flexibility index (Phi) is 4.61. The predicted molar refractivity (Wildman–Crippen MR) is 89.1 cm³/mol. The first-order chi connectivity index (χ1) is 11.8. The SMILES string of the molecule is CC(=O)N[C@@H]1Cc2ccc(S(=O)(=O)N(C)Cc3nonc3C)cc2C1. The molecule has 0 aliphatic heterocycles. The first kappa shape index (κ1) is 17.6. The number of nitrogens with one attached hydrogen (secondary N) is 1. The normalized spacial score (nSPS) is 16.9. The van der Waals surface area contributed by atoms with E-state index in [-0.39, 0.29) is 23.4 Å². The summed E-state index contributed by atoms with van der Waals surface area (Å²) in [6.45, 7) is 3.28. The van der Waals surface area contributed by atoms with Gasteiger partial charge in [0.25, 0.3) is 0 Å². The van der Waals surface area contributed by atoms with Crippen molar-refractivity contribution in [3.8, 4) is 0 Å². The van der Waals surface area contributed by atoms with E-state index in [2.05, 4.69) is 20.3 Å². The monoisotopic (exact) mass is 364 g/mol. The molecule has 0 saturated heterocycles. The quantitative estimate of drug-likeness (QED) is 0.841. The van der Waals surface area contributed by atoms with Gasteiger partial charge in [-0.15, -0.1) is 0 Å². The number of benzene rings is 1. The molecule has 3 rings (SSSR count). The molecule has 9 heteroatoms. The van der Waals surface area contributed by atoms with Crippen LogP contribution in [-0.2, 0) is 34.2 Å². The van der Waals surface area contributed by atoms with Crippen molar-refractivity contribution in [2.24, 2.45) is 0 Å². The molecule has 1 atom stereocenters. The lowest BCUT2D eigenvalue weighted by atomic mass is 10.1. The van der Waals surface area contributed by atoms with Gasteiger partial charge in [0.1, 0.15) is 11.4 Å². The van der Waals surface area contributed by atoms with Crippen LogP contribution in [0.3, 0.4) is 0 Å².